The van der Waals surface area contributed by atoms with Crippen LogP contribution in [0.2, 0.25) is 0 Å². The van der Waals surface area contributed by atoms with Crippen LogP contribution in [0.5, 0.6) is 0 Å². The minimum Gasteiger partial charge on any atom is -0.296 e. The van der Waals surface area contributed by atoms with Gasteiger partial charge in [-0.15, -0.1) is 0 Å². The van der Waals surface area contributed by atoms with Crippen LogP contribution in [0.4, 0.5) is 17.1 Å². The van der Waals surface area contributed by atoms with Crippen LogP contribution >= 0.6 is 0 Å². The van der Waals surface area contributed by atoms with Gasteiger partial charge in [0.05, 0.1) is 0 Å². The van der Waals surface area contributed by atoms with Crippen molar-refractivity contribution in [2.45, 2.75) is 24.5 Å². The Hall–Kier alpha value is -0.990. The van der Waals surface area contributed by atoms with Crippen molar-refractivity contribution < 1.29 is 35.1 Å². The van der Waals surface area contributed by atoms with Gasteiger partial charge >= 0.3 is 15.5 Å². The minimum atomic E-state index is -6.32. The molecule has 0 aliphatic heterocycles. The smallest absolute Gasteiger partial charge is 0.296 e. The molecule has 2 atom stereocenters. The van der Waals surface area contributed by atoms with Crippen LogP contribution in [0, 0.1) is 11.8 Å². The number of carbonyl (C=O) groups is 2. The zero-order valence-corrected chi connectivity index (χ0v) is 9.85. The monoisotopic (exact) mass is 290 g/mol. The third-order valence-corrected chi connectivity index (χ3v) is 3.80. The first-order valence-electron chi connectivity index (χ1n) is 5.06. The van der Waals surface area contributed by atoms with Crippen LogP contribution < -0.4 is 0 Å². The Bertz CT molecular complexity index is 459. The van der Waals surface area contributed by atoms with Crippen molar-refractivity contribution in [3.05, 3.63) is 0 Å². The number of Topliss-reactive ketones (excluding diaryl/α,β-unsaturated/α-hetero) is 2. The van der Waals surface area contributed by atoms with E-state index in [0.717, 1.165) is 0 Å². The first kappa shape index (κ1) is 15.1. The second-order valence-corrected chi connectivity index (χ2v) is 5.51. The molecular weight excluding hydrogens is 280 g/mol. The third kappa shape index (κ3) is 2.70. The molecule has 1 saturated carbocycles. The first-order chi connectivity index (χ1) is 8.11. The molecule has 0 heterocycles. The Morgan fingerprint density at radius 1 is 1.17 bits per heavy atom. The van der Waals surface area contributed by atoms with Crippen molar-refractivity contribution in [3.8, 4) is 0 Å². The van der Waals surface area contributed by atoms with E-state index < -0.39 is 45.6 Å². The van der Waals surface area contributed by atoms with Crippen molar-refractivity contribution in [3.63, 3.8) is 0 Å². The van der Waals surface area contributed by atoms with Crippen molar-refractivity contribution in [1.29, 1.82) is 0 Å². The summed E-state index contributed by atoms with van der Waals surface area (Å²) in [6.45, 7) is -1.27. The normalized spacial score (nSPS) is 25.1. The summed E-state index contributed by atoms with van der Waals surface area (Å²) >= 11 is 0. The predicted molar refractivity (Wildman–Crippen MR) is 51.8 cm³/mol. The Morgan fingerprint density at radius 2 is 1.67 bits per heavy atom. The van der Waals surface area contributed by atoms with Crippen LogP contribution in [0.25, 0.3) is 0 Å². The zero-order valence-electron chi connectivity index (χ0n) is 9.04. The average molecular weight is 290 g/mol. The molecule has 0 saturated heterocycles. The molecule has 0 radical (unpaired) electrons. The average Bonchev–Trinajstić information content (AvgIpc) is 2.74. The standard InChI is InChI=1S/C9H10F4O4S/c10-4-7(14)5-1-2-6(3-5)8(15)9(11,12)18(13,16)17/h5-6H,1-4H2. The number of carbonyl (C=O) groups excluding carboxylic acids is 2. The molecule has 9 heteroatoms. The quantitative estimate of drug-likeness (QED) is 0.567. The lowest BCUT2D eigenvalue weighted by molar-refractivity contribution is -0.137. The number of alkyl halides is 3. The van der Waals surface area contributed by atoms with Crippen molar-refractivity contribution in [1.82, 2.24) is 0 Å². The molecule has 104 valence electrons. The highest BCUT2D eigenvalue weighted by molar-refractivity contribution is 7.88. The van der Waals surface area contributed by atoms with Crippen LogP contribution in [0.1, 0.15) is 19.3 Å². The van der Waals surface area contributed by atoms with Crippen molar-refractivity contribution >= 4 is 21.8 Å². The highest BCUT2D eigenvalue weighted by atomic mass is 32.3. The number of ketones is 2. The fourth-order valence-electron chi connectivity index (χ4n) is 1.98. The predicted octanol–water partition coefficient (Wildman–Crippen LogP) is 1.40. The molecule has 0 aromatic heterocycles. The zero-order chi connectivity index (χ0) is 14.1. The molecule has 1 fully saturated rings. The van der Waals surface area contributed by atoms with Crippen LogP contribution in [-0.2, 0) is 19.8 Å². The van der Waals surface area contributed by atoms with E-state index in [1.54, 1.807) is 0 Å². The highest BCUT2D eigenvalue weighted by Crippen LogP contribution is 2.38. The molecule has 2 unspecified atom stereocenters. The molecule has 4 nitrogen and oxygen atoms in total. The summed E-state index contributed by atoms with van der Waals surface area (Å²) in [5.41, 5.74) is 0. The Morgan fingerprint density at radius 3 is 2.11 bits per heavy atom. The lowest BCUT2D eigenvalue weighted by Crippen LogP contribution is -2.39. The maximum Gasteiger partial charge on any atom is 0.431 e. The van der Waals surface area contributed by atoms with Crippen LogP contribution in [0.3, 0.4) is 0 Å². The molecule has 1 aliphatic carbocycles. The maximum absolute atomic E-state index is 12.9. The van der Waals surface area contributed by atoms with Crippen molar-refractivity contribution in [2.75, 3.05) is 6.67 Å². The molecule has 18 heavy (non-hydrogen) atoms. The second kappa shape index (κ2) is 4.94. The van der Waals surface area contributed by atoms with E-state index in [0.29, 0.717) is 0 Å². The van der Waals surface area contributed by atoms with Gasteiger partial charge in [-0.1, -0.05) is 3.89 Å². The molecule has 0 bridgehead atoms. The Labute approximate surface area is 101 Å². The first-order valence-corrected chi connectivity index (χ1v) is 6.44. The molecule has 0 aromatic rings. The van der Waals surface area contributed by atoms with Crippen LogP contribution in [0.15, 0.2) is 0 Å². The van der Waals surface area contributed by atoms with Gasteiger partial charge < -0.3 is 0 Å². The van der Waals surface area contributed by atoms with Gasteiger partial charge in [0.1, 0.15) is 6.67 Å². The molecule has 0 spiro atoms. The third-order valence-electron chi connectivity index (χ3n) is 2.98. The van der Waals surface area contributed by atoms with Crippen LogP contribution in [-0.4, -0.2) is 31.9 Å². The molecule has 0 amide bonds. The topological polar surface area (TPSA) is 68.3 Å². The Balaban J connectivity index is 2.81. The van der Waals surface area contributed by atoms with E-state index >= 15 is 0 Å². The summed E-state index contributed by atoms with van der Waals surface area (Å²) in [6.07, 6.45) is -0.533. The summed E-state index contributed by atoms with van der Waals surface area (Å²) in [7, 11) is -6.32. The van der Waals surface area contributed by atoms with Crippen molar-refractivity contribution in [2.24, 2.45) is 11.8 Å². The lowest BCUT2D eigenvalue weighted by Gasteiger charge is -2.15. The van der Waals surface area contributed by atoms with E-state index in [2.05, 4.69) is 0 Å². The highest BCUT2D eigenvalue weighted by Gasteiger charge is 2.56. The second-order valence-electron chi connectivity index (χ2n) is 4.13. The number of hydrogen-bond acceptors (Lipinski definition) is 4. The van der Waals surface area contributed by atoms with E-state index in [1.807, 2.05) is 0 Å². The summed E-state index contributed by atoms with van der Waals surface area (Å²) in [6, 6.07) is 0. The maximum atomic E-state index is 12.9. The molecule has 0 N–H and O–H groups in total. The van der Waals surface area contributed by atoms with E-state index in [9.17, 15) is 35.1 Å². The summed E-state index contributed by atoms with van der Waals surface area (Å²) < 4.78 is 70.5. The van der Waals surface area contributed by atoms with Gasteiger partial charge in [0, 0.05) is 11.8 Å². The van der Waals surface area contributed by atoms with Gasteiger partial charge in [-0.05, 0) is 19.3 Å². The summed E-state index contributed by atoms with van der Waals surface area (Å²) in [5, 5.41) is -5.11. The fraction of sp³-hybridized carbons (Fsp3) is 0.778. The van der Waals surface area contributed by atoms with Gasteiger partial charge in [0.15, 0.2) is 5.78 Å². The molecule has 0 aromatic carbocycles. The lowest BCUT2D eigenvalue weighted by atomic mass is 9.98. The Kier molecular flexibility index (Phi) is 4.14. The summed E-state index contributed by atoms with van der Waals surface area (Å²) in [5.74, 6) is -5.22. The fourth-order valence-corrected chi connectivity index (χ4v) is 2.39. The van der Waals surface area contributed by atoms with Gasteiger partial charge in [0.25, 0.3) is 0 Å². The van der Waals surface area contributed by atoms with Gasteiger partial charge in [-0.25, -0.2) is 4.39 Å². The van der Waals surface area contributed by atoms with E-state index in [4.69, 9.17) is 0 Å². The SMILES string of the molecule is O=C(CF)C1CCC(C(=O)C(F)(F)S(=O)(=O)F)C1. The molecule has 1 aliphatic rings. The minimum absolute atomic E-state index is 0.0154. The number of halogens is 4. The number of rotatable bonds is 5. The van der Waals surface area contributed by atoms with Gasteiger partial charge in [-0.2, -0.15) is 17.2 Å². The van der Waals surface area contributed by atoms with E-state index in [-0.39, 0.29) is 19.3 Å². The summed E-state index contributed by atoms with van der Waals surface area (Å²) in [4.78, 5) is 22.2. The largest absolute Gasteiger partial charge is 0.431 e. The van der Waals surface area contributed by atoms with Gasteiger partial charge in [0.2, 0.25) is 5.78 Å². The van der Waals surface area contributed by atoms with Gasteiger partial charge in [-0.3, -0.25) is 9.59 Å². The van der Waals surface area contributed by atoms with E-state index in [1.165, 1.54) is 0 Å². The molecular formula is C9H10F4O4S. The molecule has 1 rings (SSSR count). The number of hydrogen-bond donors (Lipinski definition) is 0.